The molecule has 0 amide bonds. The molecular weight excluding hydrogens is 316 g/mol. The van der Waals surface area contributed by atoms with Gasteiger partial charge in [0, 0.05) is 23.5 Å². The average Bonchev–Trinajstić information content (AvgIpc) is 2.42. The summed E-state index contributed by atoms with van der Waals surface area (Å²) in [4.78, 5) is 13.8. The van der Waals surface area contributed by atoms with Gasteiger partial charge in [-0.3, -0.25) is 9.52 Å². The monoisotopic (exact) mass is 328 g/mol. The van der Waals surface area contributed by atoms with Crippen LogP contribution in [0.25, 0.3) is 0 Å². The number of pyridine rings is 1. The standard InChI is InChI=1S/C13H13ClN2O4S/c1-2-20-12-4-3-9(14)7-10(12)16-21(18,19)13-8-15-6-5-11(13)17/h3-8,16H,2H2,1H3,(H,15,17). The first-order chi connectivity index (χ1) is 9.94. The molecule has 0 bridgehead atoms. The lowest BCUT2D eigenvalue weighted by molar-refractivity contribution is 0.342. The van der Waals surface area contributed by atoms with Gasteiger partial charge in [0.15, 0.2) is 4.90 Å². The van der Waals surface area contributed by atoms with Crippen LogP contribution in [0.1, 0.15) is 6.92 Å². The van der Waals surface area contributed by atoms with Crippen LogP contribution in [0.3, 0.4) is 0 Å². The third-order valence-corrected chi connectivity index (χ3v) is 4.19. The van der Waals surface area contributed by atoms with Gasteiger partial charge in [-0.2, -0.15) is 0 Å². The summed E-state index contributed by atoms with van der Waals surface area (Å²) < 4.78 is 32.2. The summed E-state index contributed by atoms with van der Waals surface area (Å²) in [6.07, 6.45) is 2.47. The van der Waals surface area contributed by atoms with E-state index < -0.39 is 15.5 Å². The highest BCUT2D eigenvalue weighted by Crippen LogP contribution is 2.29. The van der Waals surface area contributed by atoms with E-state index in [1.54, 1.807) is 19.1 Å². The molecule has 2 N–H and O–H groups in total. The van der Waals surface area contributed by atoms with Crippen LogP contribution < -0.4 is 14.9 Å². The number of rotatable bonds is 5. The summed E-state index contributed by atoms with van der Waals surface area (Å²) in [7, 11) is -4.03. The number of anilines is 1. The second-order valence-corrected chi connectivity index (χ2v) is 6.14. The highest BCUT2D eigenvalue weighted by atomic mass is 35.5. The van der Waals surface area contributed by atoms with Crippen LogP contribution >= 0.6 is 11.6 Å². The van der Waals surface area contributed by atoms with Crippen LogP contribution in [0.5, 0.6) is 5.75 Å². The second kappa shape index (κ2) is 6.19. The summed E-state index contributed by atoms with van der Waals surface area (Å²) in [6.45, 7) is 2.14. The van der Waals surface area contributed by atoms with Gasteiger partial charge in [-0.1, -0.05) is 11.6 Å². The first kappa shape index (κ1) is 15.4. The molecule has 112 valence electrons. The fourth-order valence-corrected chi connectivity index (χ4v) is 2.96. The predicted octanol–water partition coefficient (Wildman–Crippen LogP) is 2.23. The van der Waals surface area contributed by atoms with E-state index in [0.29, 0.717) is 17.4 Å². The molecule has 6 nitrogen and oxygen atoms in total. The van der Waals surface area contributed by atoms with Gasteiger partial charge in [-0.25, -0.2) is 8.42 Å². The molecule has 8 heteroatoms. The predicted molar refractivity (Wildman–Crippen MR) is 80.5 cm³/mol. The van der Waals surface area contributed by atoms with Gasteiger partial charge in [-0.15, -0.1) is 0 Å². The average molecular weight is 329 g/mol. The summed E-state index contributed by atoms with van der Waals surface area (Å²) in [6, 6.07) is 5.69. The minimum atomic E-state index is -4.03. The van der Waals surface area contributed by atoms with Crippen molar-refractivity contribution in [1.29, 1.82) is 0 Å². The van der Waals surface area contributed by atoms with Crippen molar-refractivity contribution in [3.8, 4) is 5.75 Å². The first-order valence-corrected chi connectivity index (χ1v) is 7.92. The SMILES string of the molecule is CCOc1ccc(Cl)cc1NS(=O)(=O)c1c[nH]ccc1=O. The van der Waals surface area contributed by atoms with Gasteiger partial charge in [0.05, 0.1) is 12.3 Å². The maximum Gasteiger partial charge on any atom is 0.267 e. The molecule has 0 fully saturated rings. The van der Waals surface area contributed by atoms with Crippen molar-refractivity contribution < 1.29 is 13.2 Å². The zero-order valence-corrected chi connectivity index (χ0v) is 12.7. The highest BCUT2D eigenvalue weighted by molar-refractivity contribution is 7.92. The molecule has 0 saturated heterocycles. The van der Waals surface area contributed by atoms with Crippen LogP contribution in [-0.2, 0) is 10.0 Å². The molecule has 0 aliphatic carbocycles. The van der Waals surface area contributed by atoms with E-state index >= 15 is 0 Å². The maximum absolute atomic E-state index is 12.3. The highest BCUT2D eigenvalue weighted by Gasteiger charge is 2.19. The molecule has 2 aromatic rings. The van der Waals surface area contributed by atoms with Gasteiger partial charge >= 0.3 is 0 Å². The van der Waals surface area contributed by atoms with Crippen molar-refractivity contribution in [2.24, 2.45) is 0 Å². The maximum atomic E-state index is 12.3. The Hall–Kier alpha value is -1.99. The van der Waals surface area contributed by atoms with Crippen molar-refractivity contribution in [1.82, 2.24) is 4.98 Å². The normalized spacial score (nSPS) is 11.1. The van der Waals surface area contributed by atoms with Crippen molar-refractivity contribution in [2.75, 3.05) is 11.3 Å². The molecule has 0 spiro atoms. The molecule has 2 rings (SSSR count). The number of sulfonamides is 1. The zero-order valence-electron chi connectivity index (χ0n) is 11.1. The topological polar surface area (TPSA) is 88.3 Å². The zero-order chi connectivity index (χ0) is 15.5. The Bertz CT molecular complexity index is 802. The smallest absolute Gasteiger partial charge is 0.267 e. The van der Waals surface area contributed by atoms with E-state index in [1.165, 1.54) is 12.3 Å². The van der Waals surface area contributed by atoms with Crippen molar-refractivity contribution in [3.05, 3.63) is 51.9 Å². The number of benzene rings is 1. The Labute approximate surface area is 126 Å². The van der Waals surface area contributed by atoms with Crippen molar-refractivity contribution in [3.63, 3.8) is 0 Å². The first-order valence-electron chi connectivity index (χ1n) is 6.06. The molecule has 0 atom stereocenters. The lowest BCUT2D eigenvalue weighted by Gasteiger charge is -2.12. The molecule has 0 saturated carbocycles. The summed E-state index contributed by atoms with van der Waals surface area (Å²) in [5.41, 5.74) is -0.436. The quantitative estimate of drug-likeness (QED) is 0.881. The minimum Gasteiger partial charge on any atom is -0.492 e. The van der Waals surface area contributed by atoms with E-state index in [9.17, 15) is 13.2 Å². The number of hydrogen-bond acceptors (Lipinski definition) is 4. The molecule has 21 heavy (non-hydrogen) atoms. The number of aromatic nitrogens is 1. The van der Waals surface area contributed by atoms with Crippen molar-refractivity contribution in [2.45, 2.75) is 11.8 Å². The van der Waals surface area contributed by atoms with Crippen LogP contribution in [0.4, 0.5) is 5.69 Å². The van der Waals surface area contributed by atoms with Gasteiger partial charge in [0.1, 0.15) is 5.75 Å². The molecule has 0 aliphatic heterocycles. The molecule has 0 unspecified atom stereocenters. The van der Waals surface area contributed by atoms with Crippen LogP contribution in [-0.4, -0.2) is 20.0 Å². The molecule has 1 aromatic carbocycles. The Balaban J connectivity index is 2.44. The van der Waals surface area contributed by atoms with Crippen molar-refractivity contribution >= 4 is 27.3 Å². The van der Waals surface area contributed by atoms with E-state index in [0.717, 1.165) is 12.3 Å². The summed E-state index contributed by atoms with van der Waals surface area (Å²) in [5.74, 6) is 0.331. The van der Waals surface area contributed by atoms with Crippen LogP contribution in [0.15, 0.2) is 46.3 Å². The molecule has 1 heterocycles. The Morgan fingerprint density at radius 2 is 2.10 bits per heavy atom. The molecule has 0 aliphatic rings. The minimum absolute atomic E-state index is 0.174. The molecular formula is C13H13ClN2O4S. The van der Waals surface area contributed by atoms with Gasteiger partial charge in [-0.05, 0) is 25.1 Å². The van der Waals surface area contributed by atoms with E-state index in [1.807, 2.05) is 0 Å². The summed E-state index contributed by atoms with van der Waals surface area (Å²) in [5, 5.41) is 0.345. The van der Waals surface area contributed by atoms with Gasteiger partial charge in [0.25, 0.3) is 10.0 Å². The fourth-order valence-electron chi connectivity index (χ4n) is 1.67. The van der Waals surface area contributed by atoms with Crippen LogP contribution in [0, 0.1) is 0 Å². The van der Waals surface area contributed by atoms with Gasteiger partial charge < -0.3 is 9.72 Å². The lowest BCUT2D eigenvalue weighted by Crippen LogP contribution is -2.21. The largest absolute Gasteiger partial charge is 0.492 e. The number of aromatic amines is 1. The van der Waals surface area contributed by atoms with E-state index in [2.05, 4.69) is 9.71 Å². The molecule has 1 aromatic heterocycles. The van der Waals surface area contributed by atoms with E-state index in [-0.39, 0.29) is 10.6 Å². The lowest BCUT2D eigenvalue weighted by atomic mass is 10.3. The number of H-pyrrole nitrogens is 1. The Kier molecular flexibility index (Phi) is 4.54. The fraction of sp³-hybridized carbons (Fsp3) is 0.154. The third kappa shape index (κ3) is 3.56. The van der Waals surface area contributed by atoms with Crippen LogP contribution in [0.2, 0.25) is 5.02 Å². The Morgan fingerprint density at radius 1 is 1.33 bits per heavy atom. The number of nitrogens with one attached hydrogen (secondary N) is 2. The van der Waals surface area contributed by atoms with E-state index in [4.69, 9.17) is 16.3 Å². The number of hydrogen-bond donors (Lipinski definition) is 2. The third-order valence-electron chi connectivity index (χ3n) is 2.56. The number of halogens is 1. The molecule has 0 radical (unpaired) electrons. The number of ether oxygens (including phenoxy) is 1. The Morgan fingerprint density at radius 3 is 2.76 bits per heavy atom. The summed E-state index contributed by atoms with van der Waals surface area (Å²) >= 11 is 5.86. The van der Waals surface area contributed by atoms with Gasteiger partial charge in [0.2, 0.25) is 5.43 Å². The second-order valence-electron chi connectivity index (χ2n) is 4.05.